The van der Waals surface area contributed by atoms with E-state index >= 15 is 0 Å². The summed E-state index contributed by atoms with van der Waals surface area (Å²) in [6.07, 6.45) is 8.69. The Bertz CT molecular complexity index is 913. The standard InChI is InChI=1S/C33H59N3O7/c1-6-33(3,32(42)43-19-17-36(4)5)15-9-13-24(30(39)35-16-18-37)12-7-10-23(29(34)38)11-8-14-26-22(2)25-20-27(26)28(21-25)31(40)41/h22-28,37H,6-21H2,1-5H3,(H2,34,38)(H,35,39)(H,40,41). The number of ether oxygens (including phenoxy) is 1. The van der Waals surface area contributed by atoms with Crippen molar-refractivity contribution in [1.29, 1.82) is 0 Å². The minimum atomic E-state index is -0.670. The van der Waals surface area contributed by atoms with Crippen molar-refractivity contribution in [2.75, 3.05) is 40.4 Å². The number of likely N-dealkylation sites (N-methyl/N-ethyl adjacent to an activating group) is 1. The van der Waals surface area contributed by atoms with Crippen LogP contribution in [-0.4, -0.2) is 79.3 Å². The number of amides is 2. The van der Waals surface area contributed by atoms with Crippen LogP contribution in [0.5, 0.6) is 0 Å². The van der Waals surface area contributed by atoms with Gasteiger partial charge in [-0.1, -0.05) is 33.1 Å². The summed E-state index contributed by atoms with van der Waals surface area (Å²) in [6, 6.07) is 0. The average molecular weight is 610 g/mol. The van der Waals surface area contributed by atoms with E-state index in [0.717, 1.165) is 25.7 Å². The minimum Gasteiger partial charge on any atom is -0.481 e. The molecule has 0 radical (unpaired) electrons. The first-order valence-corrected chi connectivity index (χ1v) is 16.6. The number of primary amides is 1. The van der Waals surface area contributed by atoms with E-state index in [0.29, 0.717) is 82.3 Å². The predicted molar refractivity (Wildman–Crippen MR) is 166 cm³/mol. The Balaban J connectivity index is 1.87. The predicted octanol–water partition coefficient (Wildman–Crippen LogP) is 3.84. The molecule has 0 aliphatic heterocycles. The maximum absolute atomic E-state index is 12.9. The van der Waals surface area contributed by atoms with Gasteiger partial charge in [-0.2, -0.15) is 0 Å². The first-order chi connectivity index (χ1) is 20.3. The highest BCUT2D eigenvalue weighted by Gasteiger charge is 2.52. The number of rotatable bonds is 22. The Kier molecular flexibility index (Phi) is 15.4. The lowest BCUT2D eigenvalue weighted by atomic mass is 9.72. The number of esters is 1. The van der Waals surface area contributed by atoms with Crippen LogP contribution >= 0.6 is 0 Å². The van der Waals surface area contributed by atoms with Gasteiger partial charge in [0.15, 0.2) is 0 Å². The molecular formula is C33H59N3O7. The van der Waals surface area contributed by atoms with E-state index in [1.165, 1.54) is 0 Å². The summed E-state index contributed by atoms with van der Waals surface area (Å²) in [6.45, 7) is 7.21. The monoisotopic (exact) mass is 609 g/mol. The highest BCUT2D eigenvalue weighted by atomic mass is 16.5. The lowest BCUT2D eigenvalue weighted by molar-refractivity contribution is -0.156. The molecule has 43 heavy (non-hydrogen) atoms. The van der Waals surface area contributed by atoms with E-state index < -0.39 is 11.4 Å². The van der Waals surface area contributed by atoms with Gasteiger partial charge in [0, 0.05) is 24.9 Å². The third kappa shape index (κ3) is 11.0. The van der Waals surface area contributed by atoms with Gasteiger partial charge in [-0.25, -0.2) is 0 Å². The van der Waals surface area contributed by atoms with E-state index in [4.69, 9.17) is 10.5 Å². The lowest BCUT2D eigenvalue weighted by Gasteiger charge is -2.32. The third-order valence-corrected chi connectivity index (χ3v) is 10.6. The normalized spacial score (nSPS) is 25.7. The molecule has 0 aromatic heterocycles. The number of aliphatic hydroxyl groups excluding tert-OH is 1. The number of aliphatic carboxylic acids is 1. The SMILES string of the molecule is CCC(C)(CCCC(CCCC(CCCC1C(C)C2CC(C(=O)O)C1C2)C(N)=O)C(=O)NCCO)C(=O)OCCN(C)C. The molecule has 248 valence electrons. The van der Waals surface area contributed by atoms with Gasteiger partial charge >= 0.3 is 11.9 Å². The zero-order chi connectivity index (χ0) is 32.2. The van der Waals surface area contributed by atoms with Crippen molar-refractivity contribution in [2.24, 2.45) is 52.6 Å². The van der Waals surface area contributed by atoms with Gasteiger partial charge in [-0.15, -0.1) is 0 Å². The van der Waals surface area contributed by atoms with Crippen LogP contribution in [0.1, 0.15) is 97.8 Å². The topological polar surface area (TPSA) is 159 Å². The molecule has 0 aromatic rings. The third-order valence-electron chi connectivity index (χ3n) is 10.6. The highest BCUT2D eigenvalue weighted by Crippen LogP contribution is 2.56. The summed E-state index contributed by atoms with van der Waals surface area (Å²) in [5.41, 5.74) is 5.16. The number of nitrogens with two attached hydrogens (primary N) is 1. The summed E-state index contributed by atoms with van der Waals surface area (Å²) in [4.78, 5) is 51.6. The second-order valence-electron chi connectivity index (χ2n) is 13.8. The van der Waals surface area contributed by atoms with Gasteiger partial charge < -0.3 is 30.9 Å². The fourth-order valence-corrected chi connectivity index (χ4v) is 7.54. The van der Waals surface area contributed by atoms with Crippen LogP contribution < -0.4 is 11.1 Å². The number of nitrogens with zero attached hydrogens (tertiary/aromatic N) is 1. The molecule has 0 aromatic carbocycles. The summed E-state index contributed by atoms with van der Waals surface area (Å²) in [7, 11) is 3.86. The fourth-order valence-electron chi connectivity index (χ4n) is 7.54. The summed E-state index contributed by atoms with van der Waals surface area (Å²) >= 11 is 0. The quantitative estimate of drug-likeness (QED) is 0.135. The number of hydrogen-bond acceptors (Lipinski definition) is 7. The molecule has 2 fully saturated rings. The van der Waals surface area contributed by atoms with E-state index in [1.54, 1.807) is 0 Å². The largest absolute Gasteiger partial charge is 0.481 e. The van der Waals surface area contributed by atoms with Crippen molar-refractivity contribution in [3.05, 3.63) is 0 Å². The first-order valence-electron chi connectivity index (χ1n) is 16.6. The van der Waals surface area contributed by atoms with Crippen molar-refractivity contribution in [2.45, 2.75) is 97.8 Å². The highest BCUT2D eigenvalue weighted by molar-refractivity contribution is 5.79. The molecule has 2 aliphatic rings. The van der Waals surface area contributed by atoms with Crippen molar-refractivity contribution in [3.63, 3.8) is 0 Å². The molecular weight excluding hydrogens is 550 g/mol. The summed E-state index contributed by atoms with van der Waals surface area (Å²) in [5.74, 6) is -0.426. The number of fused-ring (bicyclic) bond motifs is 2. The zero-order valence-electron chi connectivity index (χ0n) is 27.3. The molecule has 2 rings (SSSR count). The second kappa shape index (κ2) is 17.9. The Hall–Kier alpha value is -2.20. The Morgan fingerprint density at radius 3 is 2.28 bits per heavy atom. The van der Waals surface area contributed by atoms with Crippen molar-refractivity contribution in [3.8, 4) is 0 Å². The Morgan fingerprint density at radius 2 is 1.70 bits per heavy atom. The Morgan fingerprint density at radius 1 is 1.05 bits per heavy atom. The number of carbonyl (C=O) groups excluding carboxylic acids is 3. The molecule has 2 aliphatic carbocycles. The summed E-state index contributed by atoms with van der Waals surface area (Å²) in [5, 5.41) is 21.6. The molecule has 10 nitrogen and oxygen atoms in total. The molecule has 5 N–H and O–H groups in total. The van der Waals surface area contributed by atoms with Crippen LogP contribution in [0.3, 0.4) is 0 Å². The number of hydrogen-bond donors (Lipinski definition) is 4. The maximum atomic E-state index is 12.9. The molecule has 0 saturated heterocycles. The lowest BCUT2D eigenvalue weighted by Crippen LogP contribution is -2.34. The van der Waals surface area contributed by atoms with E-state index in [1.807, 2.05) is 32.8 Å². The van der Waals surface area contributed by atoms with E-state index in [2.05, 4.69) is 12.2 Å². The van der Waals surface area contributed by atoms with Gasteiger partial charge in [0.2, 0.25) is 11.8 Å². The van der Waals surface area contributed by atoms with Gasteiger partial charge in [0.05, 0.1) is 17.9 Å². The van der Waals surface area contributed by atoms with Gasteiger partial charge in [-0.3, -0.25) is 19.2 Å². The fraction of sp³-hybridized carbons (Fsp3) is 0.879. The van der Waals surface area contributed by atoms with Crippen LogP contribution in [0.2, 0.25) is 0 Å². The number of carbonyl (C=O) groups is 4. The Labute approximate surface area is 258 Å². The van der Waals surface area contributed by atoms with Crippen molar-refractivity contribution < 1.29 is 34.1 Å². The van der Waals surface area contributed by atoms with Gasteiger partial charge in [0.25, 0.3) is 0 Å². The summed E-state index contributed by atoms with van der Waals surface area (Å²) < 4.78 is 5.52. The molecule has 2 saturated carbocycles. The zero-order valence-corrected chi connectivity index (χ0v) is 27.3. The minimum absolute atomic E-state index is 0.116. The second-order valence-corrected chi connectivity index (χ2v) is 13.8. The molecule has 10 heteroatoms. The van der Waals surface area contributed by atoms with Gasteiger partial charge in [0.1, 0.15) is 6.61 Å². The van der Waals surface area contributed by atoms with Crippen LogP contribution in [-0.2, 0) is 23.9 Å². The van der Waals surface area contributed by atoms with E-state index in [9.17, 15) is 29.4 Å². The average Bonchev–Trinajstić information content (AvgIpc) is 3.52. The van der Waals surface area contributed by atoms with Gasteiger partial charge in [-0.05, 0) is 102 Å². The first kappa shape index (κ1) is 37.0. The van der Waals surface area contributed by atoms with Crippen LogP contribution in [0, 0.1) is 46.8 Å². The van der Waals surface area contributed by atoms with Crippen LogP contribution in [0.15, 0.2) is 0 Å². The number of aliphatic hydroxyl groups is 1. The number of carboxylic acids is 1. The van der Waals surface area contributed by atoms with Crippen LogP contribution in [0.25, 0.3) is 0 Å². The molecule has 2 bridgehead atoms. The smallest absolute Gasteiger partial charge is 0.311 e. The number of carboxylic acid groups (broad SMARTS) is 1. The molecule has 8 atom stereocenters. The van der Waals surface area contributed by atoms with Crippen LogP contribution in [0.4, 0.5) is 0 Å². The molecule has 0 heterocycles. The van der Waals surface area contributed by atoms with Crippen molar-refractivity contribution >= 4 is 23.8 Å². The van der Waals surface area contributed by atoms with Crippen molar-refractivity contribution in [1.82, 2.24) is 10.2 Å². The van der Waals surface area contributed by atoms with E-state index in [-0.39, 0.29) is 54.6 Å². The maximum Gasteiger partial charge on any atom is 0.311 e. The molecule has 0 spiro atoms. The number of nitrogens with one attached hydrogen (secondary N) is 1. The molecule has 2 amide bonds. The molecule has 8 unspecified atom stereocenters.